The van der Waals surface area contributed by atoms with E-state index in [1.165, 1.54) is 0 Å². The highest BCUT2D eigenvalue weighted by Gasteiger charge is 2.51. The van der Waals surface area contributed by atoms with Gasteiger partial charge in [0.05, 0.1) is 30.8 Å². The number of nitrogens with zero attached hydrogens (tertiary/aromatic N) is 3. The lowest BCUT2D eigenvalue weighted by atomic mass is 9.85. The molecule has 5 rings (SSSR count). The van der Waals surface area contributed by atoms with Crippen LogP contribution in [0.3, 0.4) is 0 Å². The molecule has 0 N–H and O–H groups in total. The largest absolute Gasteiger partial charge is 0.492 e. The van der Waals surface area contributed by atoms with Gasteiger partial charge in [-0.2, -0.15) is 0 Å². The molecule has 0 saturated carbocycles. The quantitative estimate of drug-likeness (QED) is 0.757. The minimum atomic E-state index is -0.389. The molecule has 7 nitrogen and oxygen atoms in total. The van der Waals surface area contributed by atoms with Crippen LogP contribution in [0.4, 0.5) is 0 Å². The highest BCUT2D eigenvalue weighted by molar-refractivity contribution is 5.98. The van der Waals surface area contributed by atoms with Gasteiger partial charge in [-0.05, 0) is 24.5 Å². The van der Waals surface area contributed by atoms with E-state index in [0.29, 0.717) is 25.3 Å². The maximum atomic E-state index is 13.2. The normalized spacial score (nSPS) is 27.0. The molecule has 3 saturated heterocycles. The fraction of sp³-hybridized carbons (Fsp3) is 0.636. The van der Waals surface area contributed by atoms with Crippen LogP contribution in [0.1, 0.15) is 28.8 Å². The number of benzene rings is 1. The van der Waals surface area contributed by atoms with Crippen molar-refractivity contribution in [2.24, 2.45) is 5.41 Å². The van der Waals surface area contributed by atoms with Crippen LogP contribution in [0.15, 0.2) is 18.2 Å². The molecule has 0 aliphatic carbocycles. The first kappa shape index (κ1) is 18.9. The maximum absolute atomic E-state index is 13.2. The van der Waals surface area contributed by atoms with Crippen molar-refractivity contribution in [1.29, 1.82) is 0 Å². The van der Waals surface area contributed by atoms with Gasteiger partial charge in [0.1, 0.15) is 5.75 Å². The summed E-state index contributed by atoms with van der Waals surface area (Å²) < 4.78 is 11.1. The Morgan fingerprint density at radius 2 is 1.86 bits per heavy atom. The molecule has 1 spiro atoms. The van der Waals surface area contributed by atoms with Gasteiger partial charge < -0.3 is 19.3 Å². The Balaban J connectivity index is 1.22. The second-order valence-electron chi connectivity index (χ2n) is 8.65. The summed E-state index contributed by atoms with van der Waals surface area (Å²) in [4.78, 5) is 32.6. The molecule has 4 heterocycles. The molecule has 3 fully saturated rings. The number of amides is 2. The molecule has 1 atom stereocenters. The lowest BCUT2D eigenvalue weighted by Gasteiger charge is -2.29. The maximum Gasteiger partial charge on any atom is 0.257 e. The first-order valence-corrected chi connectivity index (χ1v) is 10.8. The SMILES string of the molecule is O=C(c1cccc2c1OCC2)N1CCC2(CCN(CCN3CCOCC3)C2=O)C1. The molecule has 29 heavy (non-hydrogen) atoms. The van der Waals surface area contributed by atoms with E-state index in [0.717, 1.165) is 76.5 Å². The van der Waals surface area contributed by atoms with E-state index in [2.05, 4.69) is 4.90 Å². The summed E-state index contributed by atoms with van der Waals surface area (Å²) in [5, 5.41) is 0. The van der Waals surface area contributed by atoms with Crippen LogP contribution in [0, 0.1) is 5.41 Å². The Kier molecular flexibility index (Phi) is 4.95. The number of carbonyl (C=O) groups excluding carboxylic acids is 2. The van der Waals surface area contributed by atoms with Gasteiger partial charge in [-0.3, -0.25) is 14.5 Å². The molecule has 0 radical (unpaired) electrons. The number of morpholine rings is 1. The van der Waals surface area contributed by atoms with Crippen molar-refractivity contribution in [3.8, 4) is 5.75 Å². The summed E-state index contributed by atoms with van der Waals surface area (Å²) in [6, 6.07) is 5.81. The average Bonchev–Trinajstić information content (AvgIpc) is 3.47. The monoisotopic (exact) mass is 399 g/mol. The van der Waals surface area contributed by atoms with Crippen LogP contribution in [-0.4, -0.2) is 92.1 Å². The first-order valence-electron chi connectivity index (χ1n) is 10.8. The average molecular weight is 399 g/mol. The van der Waals surface area contributed by atoms with E-state index in [1.54, 1.807) is 0 Å². The summed E-state index contributed by atoms with van der Waals surface area (Å²) in [5.74, 6) is 0.971. The van der Waals surface area contributed by atoms with E-state index >= 15 is 0 Å². The molecule has 0 bridgehead atoms. The Hall–Kier alpha value is -2.12. The highest BCUT2D eigenvalue weighted by atomic mass is 16.5. The number of hydrogen-bond acceptors (Lipinski definition) is 5. The minimum absolute atomic E-state index is 0.000178. The Morgan fingerprint density at radius 3 is 2.72 bits per heavy atom. The van der Waals surface area contributed by atoms with E-state index in [4.69, 9.17) is 9.47 Å². The summed E-state index contributed by atoms with van der Waals surface area (Å²) in [6.07, 6.45) is 2.47. The zero-order valence-corrected chi connectivity index (χ0v) is 16.9. The van der Waals surface area contributed by atoms with Gasteiger partial charge in [0, 0.05) is 52.2 Å². The second-order valence-corrected chi connectivity index (χ2v) is 8.65. The molecule has 1 aromatic carbocycles. The molecule has 2 amide bonds. The van der Waals surface area contributed by atoms with Crippen molar-refractivity contribution in [3.63, 3.8) is 0 Å². The van der Waals surface area contributed by atoms with Crippen molar-refractivity contribution in [1.82, 2.24) is 14.7 Å². The zero-order valence-electron chi connectivity index (χ0n) is 16.9. The third-order valence-corrected chi connectivity index (χ3v) is 6.98. The topological polar surface area (TPSA) is 62.3 Å². The van der Waals surface area contributed by atoms with E-state index < -0.39 is 0 Å². The smallest absolute Gasteiger partial charge is 0.257 e. The van der Waals surface area contributed by atoms with Gasteiger partial charge >= 0.3 is 0 Å². The molecule has 156 valence electrons. The zero-order chi connectivity index (χ0) is 19.8. The van der Waals surface area contributed by atoms with Crippen LogP contribution < -0.4 is 4.74 Å². The van der Waals surface area contributed by atoms with E-state index in [9.17, 15) is 9.59 Å². The van der Waals surface area contributed by atoms with Gasteiger partial charge in [0.2, 0.25) is 5.91 Å². The summed E-state index contributed by atoms with van der Waals surface area (Å²) in [6.45, 7) is 7.74. The molecular weight excluding hydrogens is 370 g/mol. The number of hydrogen-bond donors (Lipinski definition) is 0. The van der Waals surface area contributed by atoms with Crippen molar-refractivity contribution in [2.75, 3.05) is 65.6 Å². The molecule has 1 aromatic rings. The Labute approximate surface area is 171 Å². The fourth-order valence-corrected chi connectivity index (χ4v) is 5.17. The molecule has 1 unspecified atom stereocenters. The lowest BCUT2D eigenvalue weighted by Crippen LogP contribution is -2.43. The van der Waals surface area contributed by atoms with Crippen molar-refractivity contribution in [3.05, 3.63) is 29.3 Å². The van der Waals surface area contributed by atoms with Crippen molar-refractivity contribution in [2.45, 2.75) is 19.3 Å². The number of carbonyl (C=O) groups is 2. The second kappa shape index (κ2) is 7.61. The Bertz CT molecular complexity index is 807. The third kappa shape index (κ3) is 3.40. The fourth-order valence-electron chi connectivity index (χ4n) is 5.17. The van der Waals surface area contributed by atoms with Crippen LogP contribution in [0.2, 0.25) is 0 Å². The van der Waals surface area contributed by atoms with Gasteiger partial charge in [0.25, 0.3) is 5.91 Å². The summed E-state index contributed by atoms with van der Waals surface area (Å²) >= 11 is 0. The minimum Gasteiger partial charge on any atom is -0.492 e. The van der Waals surface area contributed by atoms with E-state index in [1.807, 2.05) is 28.0 Å². The first-order chi connectivity index (χ1) is 14.2. The number of ether oxygens (including phenoxy) is 2. The molecule has 0 aromatic heterocycles. The standard InChI is InChI=1S/C22H29N3O4/c26-20(18-3-1-2-17-4-13-29-19(17)18)25-8-6-22(16-25)5-7-24(21(22)27)10-9-23-11-14-28-15-12-23/h1-3H,4-16H2. The van der Waals surface area contributed by atoms with Crippen LogP contribution in [0.25, 0.3) is 0 Å². The predicted molar refractivity (Wildman–Crippen MR) is 107 cm³/mol. The Morgan fingerprint density at radius 1 is 1.03 bits per heavy atom. The predicted octanol–water partition coefficient (Wildman–Crippen LogP) is 1.02. The lowest BCUT2D eigenvalue weighted by molar-refractivity contribution is -0.135. The van der Waals surface area contributed by atoms with Gasteiger partial charge in [-0.15, -0.1) is 0 Å². The van der Waals surface area contributed by atoms with Crippen molar-refractivity contribution >= 4 is 11.8 Å². The van der Waals surface area contributed by atoms with Crippen molar-refractivity contribution < 1.29 is 19.1 Å². The summed E-state index contributed by atoms with van der Waals surface area (Å²) in [5.41, 5.74) is 1.36. The third-order valence-electron chi connectivity index (χ3n) is 6.98. The van der Waals surface area contributed by atoms with Crippen LogP contribution in [-0.2, 0) is 16.0 Å². The molecule has 4 aliphatic rings. The number of para-hydroxylation sites is 1. The van der Waals surface area contributed by atoms with Crippen LogP contribution in [0.5, 0.6) is 5.75 Å². The number of fused-ring (bicyclic) bond motifs is 1. The molecular formula is C22H29N3O4. The highest BCUT2D eigenvalue weighted by Crippen LogP contribution is 2.42. The van der Waals surface area contributed by atoms with Gasteiger partial charge in [0.15, 0.2) is 0 Å². The van der Waals surface area contributed by atoms with Gasteiger partial charge in [-0.1, -0.05) is 12.1 Å². The van der Waals surface area contributed by atoms with Gasteiger partial charge in [-0.25, -0.2) is 0 Å². The van der Waals surface area contributed by atoms with E-state index in [-0.39, 0.29) is 17.2 Å². The molecule has 7 heteroatoms. The number of likely N-dealkylation sites (tertiary alicyclic amines) is 2. The van der Waals surface area contributed by atoms with Crippen LogP contribution >= 0.6 is 0 Å². The number of rotatable bonds is 4. The summed E-state index contributed by atoms with van der Waals surface area (Å²) in [7, 11) is 0. The molecule has 4 aliphatic heterocycles.